The Hall–Kier alpha value is -7.86. The lowest BCUT2D eigenvalue weighted by atomic mass is 10.0. The lowest BCUT2D eigenvalue weighted by Crippen LogP contribution is -1.96. The molecule has 0 aliphatic rings. The van der Waals surface area contributed by atoms with Crippen molar-refractivity contribution in [3.05, 3.63) is 201 Å². The van der Waals surface area contributed by atoms with Gasteiger partial charge in [-0.25, -0.2) is 0 Å². The first kappa shape index (κ1) is 33.3. The fourth-order valence-electron chi connectivity index (χ4n) is 6.59. The molecule has 0 bridgehead atoms. The van der Waals surface area contributed by atoms with Crippen molar-refractivity contribution in [2.75, 3.05) is 0 Å². The van der Waals surface area contributed by atoms with Gasteiger partial charge in [-0.05, 0) is 59.7 Å². The molecular weight excluding hydrogens is 684 g/mol. The summed E-state index contributed by atoms with van der Waals surface area (Å²) in [6, 6.07) is 42.9. The van der Waals surface area contributed by atoms with E-state index in [0.717, 1.165) is 56.1 Å². The Kier molecular flexibility index (Phi) is 8.44. The van der Waals surface area contributed by atoms with Gasteiger partial charge in [-0.2, -0.15) is 0 Å². The van der Waals surface area contributed by atoms with Crippen molar-refractivity contribution in [2.24, 2.45) is 0 Å². The quantitative estimate of drug-likeness (QED) is 0.102. The van der Waals surface area contributed by atoms with E-state index in [9.17, 15) is 30.3 Å². The second-order valence-electron chi connectivity index (χ2n) is 12.5. The van der Waals surface area contributed by atoms with Gasteiger partial charge >= 0.3 is 0 Å². The first-order valence-corrected chi connectivity index (χ1v) is 16.8. The molecule has 0 aliphatic carbocycles. The zero-order valence-corrected chi connectivity index (χ0v) is 28.3. The third-order valence-electron chi connectivity index (χ3n) is 9.26. The first-order chi connectivity index (χ1) is 26.2. The first-order valence-electron chi connectivity index (χ1n) is 16.8. The van der Waals surface area contributed by atoms with Crippen molar-refractivity contribution >= 4 is 17.1 Å². The summed E-state index contributed by atoms with van der Waals surface area (Å²) in [5.74, 6) is 0. The van der Waals surface area contributed by atoms with E-state index in [1.54, 1.807) is 36.4 Å². The van der Waals surface area contributed by atoms with Gasteiger partial charge in [0.2, 0.25) is 0 Å². The second-order valence-corrected chi connectivity index (χ2v) is 12.5. The smallest absolute Gasteiger partial charge is 0.269 e. The molecule has 0 spiro atoms. The third-order valence-corrected chi connectivity index (χ3v) is 9.26. The van der Waals surface area contributed by atoms with Crippen LogP contribution in [0, 0.1) is 30.3 Å². The number of benzene rings is 5. The maximum Gasteiger partial charge on any atom is 0.269 e. The van der Waals surface area contributed by atoms with E-state index in [1.165, 1.54) is 36.4 Å². The topological polar surface area (TPSA) is 144 Å². The molecule has 54 heavy (non-hydrogen) atoms. The van der Waals surface area contributed by atoms with Crippen LogP contribution >= 0.6 is 0 Å². The highest BCUT2D eigenvalue weighted by Crippen LogP contribution is 2.41. The summed E-state index contributed by atoms with van der Waals surface area (Å²) in [5, 5.41) is 34.4. The number of aromatic nitrogens is 3. The van der Waals surface area contributed by atoms with Gasteiger partial charge < -0.3 is 13.7 Å². The molecule has 0 atom stereocenters. The zero-order valence-electron chi connectivity index (χ0n) is 28.3. The van der Waals surface area contributed by atoms with Crippen molar-refractivity contribution in [3.8, 4) is 61.8 Å². The van der Waals surface area contributed by atoms with E-state index < -0.39 is 14.8 Å². The van der Waals surface area contributed by atoms with E-state index in [1.807, 2.05) is 99.2 Å². The van der Waals surface area contributed by atoms with E-state index in [2.05, 4.69) is 12.1 Å². The maximum absolute atomic E-state index is 11.5. The molecule has 12 heteroatoms. The summed E-state index contributed by atoms with van der Waals surface area (Å²) in [5.41, 5.74) is 9.15. The van der Waals surface area contributed by atoms with Gasteiger partial charge in [-0.3, -0.25) is 30.3 Å². The molecule has 5 aromatic carbocycles. The Morgan fingerprint density at radius 3 is 1.04 bits per heavy atom. The number of hydrogen-bond acceptors (Lipinski definition) is 6. The summed E-state index contributed by atoms with van der Waals surface area (Å²) >= 11 is 0. The van der Waals surface area contributed by atoms with Crippen LogP contribution in [0.2, 0.25) is 0 Å². The zero-order chi connectivity index (χ0) is 37.3. The Labute approximate surface area is 307 Å². The van der Waals surface area contributed by atoms with Crippen molar-refractivity contribution < 1.29 is 14.8 Å². The number of nitro benzene ring substituents is 3. The van der Waals surface area contributed by atoms with Crippen LogP contribution in [0.5, 0.6) is 0 Å². The normalized spacial score (nSPS) is 11.0. The van der Waals surface area contributed by atoms with Gasteiger partial charge in [0.15, 0.2) is 0 Å². The third kappa shape index (κ3) is 6.31. The van der Waals surface area contributed by atoms with E-state index in [0.29, 0.717) is 5.69 Å². The Bertz CT molecular complexity index is 2500. The minimum atomic E-state index is -0.436. The maximum atomic E-state index is 11.5. The predicted molar refractivity (Wildman–Crippen MR) is 206 cm³/mol. The van der Waals surface area contributed by atoms with E-state index >= 15 is 0 Å². The van der Waals surface area contributed by atoms with E-state index in [-0.39, 0.29) is 17.1 Å². The number of rotatable bonds is 10. The molecule has 0 N–H and O–H groups in total. The van der Waals surface area contributed by atoms with Gasteiger partial charge in [-0.1, -0.05) is 60.7 Å². The lowest BCUT2D eigenvalue weighted by molar-refractivity contribution is -0.385. The summed E-state index contributed by atoms with van der Waals surface area (Å²) in [4.78, 5) is 33.1. The predicted octanol–water partition coefficient (Wildman–Crippen LogP) is 10.5. The van der Waals surface area contributed by atoms with Crippen molar-refractivity contribution in [1.82, 2.24) is 13.7 Å². The van der Waals surface area contributed by atoms with Crippen molar-refractivity contribution in [3.63, 3.8) is 0 Å². The van der Waals surface area contributed by atoms with E-state index in [4.69, 9.17) is 0 Å². The molecule has 0 unspecified atom stereocenters. The standard InChI is InChI=1S/C42H28N6O6/c49-46(50)36-17-11-33(12-18-36)43-27-39(31-23-41(29-7-3-1-4-8-29)44(25-31)34-13-19-37(20-14-34)47(51)52)40(28-43)32-24-42(30-9-5-2-6-10-30)45(26-32)35-15-21-38(22-16-35)48(53)54/h1-28H. The highest BCUT2D eigenvalue weighted by molar-refractivity contribution is 5.88. The molecule has 0 fully saturated rings. The van der Waals surface area contributed by atoms with Crippen LogP contribution in [-0.4, -0.2) is 28.5 Å². The number of non-ortho nitro benzene ring substituents is 3. The Balaban J connectivity index is 1.34. The fraction of sp³-hybridized carbons (Fsp3) is 0. The molecule has 0 radical (unpaired) electrons. The number of nitro groups is 3. The van der Waals surface area contributed by atoms with Crippen LogP contribution in [0.25, 0.3) is 61.8 Å². The highest BCUT2D eigenvalue weighted by atomic mass is 16.6. The summed E-state index contributed by atoms with van der Waals surface area (Å²) in [7, 11) is 0. The molecule has 8 aromatic rings. The van der Waals surface area contributed by atoms with Crippen molar-refractivity contribution in [1.29, 1.82) is 0 Å². The van der Waals surface area contributed by atoms with Gasteiger partial charge in [0.25, 0.3) is 17.1 Å². The van der Waals surface area contributed by atoms with Gasteiger partial charge in [-0.15, -0.1) is 0 Å². The number of nitrogens with zero attached hydrogens (tertiary/aromatic N) is 6. The minimum Gasteiger partial charge on any atom is -0.323 e. The summed E-state index contributed by atoms with van der Waals surface area (Å²) < 4.78 is 5.92. The van der Waals surface area contributed by atoms with Crippen LogP contribution in [0.3, 0.4) is 0 Å². The van der Waals surface area contributed by atoms with Crippen LogP contribution in [0.1, 0.15) is 0 Å². The average molecular weight is 713 g/mol. The Morgan fingerprint density at radius 1 is 0.370 bits per heavy atom. The largest absolute Gasteiger partial charge is 0.323 e. The van der Waals surface area contributed by atoms with Gasteiger partial charge in [0, 0.05) is 101 Å². The summed E-state index contributed by atoms with van der Waals surface area (Å²) in [6.07, 6.45) is 7.94. The van der Waals surface area contributed by atoms with Crippen molar-refractivity contribution in [2.45, 2.75) is 0 Å². The lowest BCUT2D eigenvalue weighted by Gasteiger charge is -2.09. The minimum absolute atomic E-state index is 0.0124. The van der Waals surface area contributed by atoms with Gasteiger partial charge in [0.1, 0.15) is 0 Å². The molecule has 12 nitrogen and oxygen atoms in total. The SMILES string of the molecule is O=[N+]([O-])c1ccc(-n2cc(-c3cc(-c4ccccc4)n(-c4ccc([N+](=O)[O-])cc4)c3)c(-c3cc(-c4ccccc4)n(-c4ccc([N+](=O)[O-])cc4)c3)c2)cc1. The van der Waals surface area contributed by atoms with Crippen LogP contribution < -0.4 is 0 Å². The van der Waals surface area contributed by atoms with Gasteiger partial charge in [0.05, 0.1) is 26.2 Å². The van der Waals surface area contributed by atoms with Crippen LogP contribution in [0.4, 0.5) is 17.1 Å². The average Bonchev–Trinajstić information content (AvgIpc) is 3.96. The van der Waals surface area contributed by atoms with Crippen LogP contribution in [0.15, 0.2) is 170 Å². The highest BCUT2D eigenvalue weighted by Gasteiger charge is 2.21. The molecular formula is C42H28N6O6. The molecule has 262 valence electrons. The Morgan fingerprint density at radius 2 is 0.704 bits per heavy atom. The molecule has 3 aromatic heterocycles. The molecule has 0 saturated heterocycles. The molecule has 3 heterocycles. The summed E-state index contributed by atoms with van der Waals surface area (Å²) in [6.45, 7) is 0. The molecule has 8 rings (SSSR count). The van der Waals surface area contributed by atoms with Crippen LogP contribution in [-0.2, 0) is 0 Å². The molecule has 0 aliphatic heterocycles. The second kappa shape index (κ2) is 13.7. The monoisotopic (exact) mass is 712 g/mol. The molecule has 0 saturated carbocycles. The number of hydrogen-bond donors (Lipinski definition) is 0. The fourth-order valence-corrected chi connectivity index (χ4v) is 6.59. The molecule has 0 amide bonds.